The van der Waals surface area contributed by atoms with E-state index in [9.17, 15) is 19.3 Å². The van der Waals surface area contributed by atoms with Crippen LogP contribution in [-0.2, 0) is 0 Å². The zero-order chi connectivity index (χ0) is 23.2. The van der Waals surface area contributed by atoms with Gasteiger partial charge in [0.25, 0.3) is 11.6 Å². The average molecular weight is 446 g/mol. The van der Waals surface area contributed by atoms with Crippen LogP contribution >= 0.6 is 0 Å². The number of nitro benzene ring substituents is 1. The molecular weight excluding hydrogens is 427 g/mol. The van der Waals surface area contributed by atoms with Crippen LogP contribution in [-0.4, -0.2) is 28.9 Å². The third-order valence-corrected chi connectivity index (χ3v) is 4.86. The van der Waals surface area contributed by atoms with E-state index in [1.165, 1.54) is 24.4 Å². The maximum atomic E-state index is 14.1. The Kier molecular flexibility index (Phi) is 6.40. The Morgan fingerprint density at radius 1 is 0.970 bits per heavy atom. The minimum atomic E-state index is -0.464. The second-order valence-corrected chi connectivity index (χ2v) is 7.04. The highest BCUT2D eigenvalue weighted by Crippen LogP contribution is 2.29. The van der Waals surface area contributed by atoms with Crippen molar-refractivity contribution >= 4 is 17.3 Å². The molecule has 1 aromatic heterocycles. The van der Waals surface area contributed by atoms with Crippen LogP contribution in [0.1, 0.15) is 10.4 Å². The van der Waals surface area contributed by atoms with Gasteiger partial charge in [0.2, 0.25) is 5.89 Å². The van der Waals surface area contributed by atoms with Gasteiger partial charge in [-0.15, -0.1) is 0 Å². The van der Waals surface area contributed by atoms with Crippen LogP contribution in [0.4, 0.5) is 15.8 Å². The van der Waals surface area contributed by atoms with Gasteiger partial charge in [0.15, 0.2) is 5.76 Å². The molecule has 0 saturated carbocycles. The van der Waals surface area contributed by atoms with E-state index in [0.29, 0.717) is 29.9 Å². The summed E-state index contributed by atoms with van der Waals surface area (Å²) in [7, 11) is 0. The van der Waals surface area contributed by atoms with Gasteiger partial charge >= 0.3 is 0 Å². The molecule has 0 unspecified atom stereocenters. The second kappa shape index (κ2) is 9.73. The van der Waals surface area contributed by atoms with Crippen molar-refractivity contribution in [3.8, 4) is 22.8 Å². The van der Waals surface area contributed by atoms with Crippen LogP contribution in [0, 0.1) is 15.9 Å². The Morgan fingerprint density at radius 3 is 2.39 bits per heavy atom. The van der Waals surface area contributed by atoms with Crippen LogP contribution < -0.4 is 10.6 Å². The molecule has 0 radical (unpaired) electrons. The van der Waals surface area contributed by atoms with Gasteiger partial charge in [0.1, 0.15) is 5.82 Å². The average Bonchev–Trinajstić information content (AvgIpc) is 3.32. The predicted molar refractivity (Wildman–Crippen MR) is 121 cm³/mol. The highest BCUT2D eigenvalue weighted by Gasteiger charge is 2.17. The number of oxazole rings is 1. The molecule has 0 spiro atoms. The molecule has 0 bridgehead atoms. The third kappa shape index (κ3) is 5.04. The first-order chi connectivity index (χ1) is 16.0. The summed E-state index contributed by atoms with van der Waals surface area (Å²) in [5, 5.41) is 16.6. The lowest BCUT2D eigenvalue weighted by atomic mass is 10.1. The fourth-order valence-electron chi connectivity index (χ4n) is 3.23. The lowest BCUT2D eigenvalue weighted by Gasteiger charge is -2.10. The second-order valence-electron chi connectivity index (χ2n) is 7.04. The lowest BCUT2D eigenvalue weighted by molar-refractivity contribution is -0.384. The molecule has 166 valence electrons. The van der Waals surface area contributed by atoms with E-state index in [1.54, 1.807) is 54.6 Å². The highest BCUT2D eigenvalue weighted by molar-refractivity contribution is 6.00. The number of rotatable bonds is 8. The summed E-state index contributed by atoms with van der Waals surface area (Å²) < 4.78 is 19.8. The van der Waals surface area contributed by atoms with Crippen molar-refractivity contribution in [2.24, 2.45) is 0 Å². The van der Waals surface area contributed by atoms with Gasteiger partial charge in [0, 0.05) is 36.5 Å². The summed E-state index contributed by atoms with van der Waals surface area (Å²) in [6.07, 6.45) is 1.43. The molecule has 3 aromatic carbocycles. The van der Waals surface area contributed by atoms with Crippen molar-refractivity contribution in [3.63, 3.8) is 0 Å². The van der Waals surface area contributed by atoms with Gasteiger partial charge < -0.3 is 15.1 Å². The standard InChI is InChI=1S/C24H19FN4O4/c25-21-8-4-3-7-20(21)22-15-28-24(33-22)19-6-2-1-5-18(19)23(30)27-14-13-26-16-9-11-17(12-10-16)29(31)32/h1-12,15,26H,13-14H2,(H,27,30). The molecule has 4 aromatic rings. The van der Waals surface area contributed by atoms with Crippen molar-refractivity contribution in [1.29, 1.82) is 0 Å². The number of aromatic nitrogens is 1. The van der Waals surface area contributed by atoms with Crippen molar-refractivity contribution < 1.29 is 18.5 Å². The van der Waals surface area contributed by atoms with Gasteiger partial charge in [0.05, 0.1) is 22.2 Å². The molecule has 0 aliphatic heterocycles. The Balaban J connectivity index is 1.40. The number of nitro groups is 1. The number of anilines is 1. The largest absolute Gasteiger partial charge is 0.436 e. The van der Waals surface area contributed by atoms with E-state index in [1.807, 2.05) is 0 Å². The molecule has 8 nitrogen and oxygen atoms in total. The molecular formula is C24H19FN4O4. The number of carbonyl (C=O) groups excluding carboxylic acids is 1. The summed E-state index contributed by atoms with van der Waals surface area (Å²) in [5.74, 6) is -0.262. The molecule has 1 heterocycles. The minimum absolute atomic E-state index is 0.00940. The number of halogens is 1. The van der Waals surface area contributed by atoms with Crippen molar-refractivity contribution in [2.75, 3.05) is 18.4 Å². The first-order valence-corrected chi connectivity index (χ1v) is 10.1. The lowest BCUT2D eigenvalue weighted by Crippen LogP contribution is -2.29. The monoisotopic (exact) mass is 446 g/mol. The maximum Gasteiger partial charge on any atom is 0.269 e. The normalized spacial score (nSPS) is 10.6. The molecule has 4 rings (SSSR count). The highest BCUT2D eigenvalue weighted by atomic mass is 19.1. The predicted octanol–water partition coefficient (Wildman–Crippen LogP) is 4.90. The zero-order valence-electron chi connectivity index (χ0n) is 17.3. The maximum absolute atomic E-state index is 14.1. The van der Waals surface area contributed by atoms with Crippen LogP contribution in [0.3, 0.4) is 0 Å². The van der Waals surface area contributed by atoms with E-state index in [2.05, 4.69) is 15.6 Å². The van der Waals surface area contributed by atoms with Crippen molar-refractivity contribution in [3.05, 3.63) is 100 Å². The minimum Gasteiger partial charge on any atom is -0.436 e. The first kappa shape index (κ1) is 21.7. The number of hydrogen-bond acceptors (Lipinski definition) is 6. The number of nitrogens with zero attached hydrogens (tertiary/aromatic N) is 2. The number of nitrogens with one attached hydrogen (secondary N) is 2. The van der Waals surface area contributed by atoms with Crippen LogP contribution in [0.15, 0.2) is 83.4 Å². The van der Waals surface area contributed by atoms with Gasteiger partial charge in [-0.25, -0.2) is 9.37 Å². The van der Waals surface area contributed by atoms with E-state index in [-0.39, 0.29) is 28.8 Å². The number of carbonyl (C=O) groups is 1. The molecule has 0 atom stereocenters. The Morgan fingerprint density at radius 2 is 1.67 bits per heavy atom. The molecule has 0 fully saturated rings. The summed E-state index contributed by atoms with van der Waals surface area (Å²) in [4.78, 5) is 27.2. The third-order valence-electron chi connectivity index (χ3n) is 4.86. The fraction of sp³-hybridized carbons (Fsp3) is 0.0833. The molecule has 0 saturated heterocycles. The Bertz CT molecular complexity index is 1290. The molecule has 0 aliphatic rings. The summed E-state index contributed by atoms with van der Waals surface area (Å²) in [5.41, 5.74) is 1.86. The smallest absolute Gasteiger partial charge is 0.269 e. The Labute approximate surface area is 188 Å². The Hall–Kier alpha value is -4.53. The molecule has 2 N–H and O–H groups in total. The van der Waals surface area contributed by atoms with E-state index < -0.39 is 10.7 Å². The van der Waals surface area contributed by atoms with Crippen molar-refractivity contribution in [2.45, 2.75) is 0 Å². The van der Waals surface area contributed by atoms with Crippen LogP contribution in [0.5, 0.6) is 0 Å². The van der Waals surface area contributed by atoms with Gasteiger partial charge in [-0.05, 0) is 36.4 Å². The quantitative estimate of drug-likeness (QED) is 0.226. The summed E-state index contributed by atoms with van der Waals surface area (Å²) >= 11 is 0. The summed E-state index contributed by atoms with van der Waals surface area (Å²) in [6.45, 7) is 0.734. The van der Waals surface area contributed by atoms with Crippen LogP contribution in [0.25, 0.3) is 22.8 Å². The fourth-order valence-corrected chi connectivity index (χ4v) is 3.23. The first-order valence-electron chi connectivity index (χ1n) is 10.1. The van der Waals surface area contributed by atoms with Gasteiger partial charge in [-0.3, -0.25) is 14.9 Å². The van der Waals surface area contributed by atoms with Crippen LogP contribution in [0.2, 0.25) is 0 Å². The van der Waals surface area contributed by atoms with Gasteiger partial charge in [-0.2, -0.15) is 0 Å². The number of amides is 1. The molecule has 33 heavy (non-hydrogen) atoms. The zero-order valence-corrected chi connectivity index (χ0v) is 17.3. The topological polar surface area (TPSA) is 110 Å². The van der Waals surface area contributed by atoms with Crippen molar-refractivity contribution in [1.82, 2.24) is 10.3 Å². The number of hydrogen-bond donors (Lipinski definition) is 2. The SMILES string of the molecule is O=C(NCCNc1ccc([N+](=O)[O-])cc1)c1ccccc1-c1ncc(-c2ccccc2F)o1. The van der Waals surface area contributed by atoms with E-state index >= 15 is 0 Å². The van der Waals surface area contributed by atoms with E-state index in [0.717, 1.165) is 0 Å². The van der Waals surface area contributed by atoms with Gasteiger partial charge in [-0.1, -0.05) is 24.3 Å². The van der Waals surface area contributed by atoms with E-state index in [4.69, 9.17) is 4.42 Å². The number of non-ortho nitro benzene ring substituents is 1. The summed E-state index contributed by atoms with van der Waals surface area (Å²) in [6, 6.07) is 19.1. The molecule has 9 heteroatoms. The number of benzene rings is 3. The molecule has 1 amide bonds. The molecule has 0 aliphatic carbocycles.